The van der Waals surface area contributed by atoms with Crippen molar-refractivity contribution in [2.75, 3.05) is 13.7 Å². The first kappa shape index (κ1) is 17.9. The number of hydrogen-bond acceptors (Lipinski definition) is 4. The minimum Gasteiger partial charge on any atom is -0.493 e. The maximum Gasteiger partial charge on any atom is 0.320 e. The summed E-state index contributed by atoms with van der Waals surface area (Å²) >= 11 is 0. The second-order valence-corrected chi connectivity index (χ2v) is 5.74. The fraction of sp³-hybridized carbons (Fsp3) is 0.333. The number of nitrogens with zero attached hydrogens (tertiary/aromatic N) is 2. The Morgan fingerprint density at radius 3 is 2.77 bits per heavy atom. The zero-order chi connectivity index (χ0) is 18.7. The third-order valence-corrected chi connectivity index (χ3v) is 4.01. The van der Waals surface area contributed by atoms with Crippen LogP contribution in [-0.4, -0.2) is 28.3 Å². The van der Waals surface area contributed by atoms with Crippen LogP contribution in [0.2, 0.25) is 0 Å². The average Bonchev–Trinajstić information content (AvgIpc) is 3.07. The fourth-order valence-corrected chi connectivity index (χ4v) is 2.66. The van der Waals surface area contributed by atoms with Crippen molar-refractivity contribution in [2.24, 2.45) is 0 Å². The summed E-state index contributed by atoms with van der Waals surface area (Å²) in [6.45, 7) is -0.216. The zero-order valence-corrected chi connectivity index (χ0v) is 14.5. The molecule has 0 atom stereocenters. The van der Waals surface area contributed by atoms with Crippen LogP contribution in [0.1, 0.15) is 26.3 Å². The number of nitrogens with one attached hydrogen (secondary N) is 1. The molecule has 2 aromatic heterocycles. The van der Waals surface area contributed by atoms with Gasteiger partial charge in [0.1, 0.15) is 11.8 Å². The van der Waals surface area contributed by atoms with Crippen molar-refractivity contribution in [1.82, 2.24) is 14.5 Å². The monoisotopic (exact) mass is 363 g/mol. The lowest BCUT2D eigenvalue weighted by molar-refractivity contribution is 0.0744. The predicted octanol–water partition coefficient (Wildman–Crippen LogP) is 3.97. The zero-order valence-electron chi connectivity index (χ0n) is 14.5. The lowest BCUT2D eigenvalue weighted by Crippen LogP contribution is -2.12. The van der Waals surface area contributed by atoms with E-state index in [0.717, 1.165) is 19.2 Å². The summed E-state index contributed by atoms with van der Waals surface area (Å²) in [6, 6.07) is 6.80. The number of ether oxygens (including phenoxy) is 2. The van der Waals surface area contributed by atoms with Gasteiger partial charge in [-0.2, -0.15) is 8.78 Å². The van der Waals surface area contributed by atoms with Crippen molar-refractivity contribution < 1.29 is 18.3 Å². The summed E-state index contributed by atoms with van der Waals surface area (Å²) in [7, 11) is 1.55. The Bertz CT molecular complexity index is 966. The molecule has 0 fully saturated rings. The van der Waals surface area contributed by atoms with Crippen LogP contribution in [0.3, 0.4) is 0 Å². The molecule has 0 saturated carbocycles. The Morgan fingerprint density at radius 1 is 1.27 bits per heavy atom. The Balaban J connectivity index is 2.03. The van der Waals surface area contributed by atoms with Crippen LogP contribution in [0.5, 0.6) is 11.5 Å². The number of halogens is 2. The number of imidazole rings is 1. The molecule has 0 aliphatic rings. The van der Waals surface area contributed by atoms with E-state index < -0.39 is 12.1 Å². The summed E-state index contributed by atoms with van der Waals surface area (Å²) in [5.74, 6) is 1.13. The lowest BCUT2D eigenvalue weighted by Gasteiger charge is -2.12. The van der Waals surface area contributed by atoms with Crippen LogP contribution in [-0.2, 0) is 0 Å². The van der Waals surface area contributed by atoms with Crippen molar-refractivity contribution in [1.29, 1.82) is 0 Å². The van der Waals surface area contributed by atoms with Gasteiger partial charge in [0.25, 0.3) is 5.56 Å². The molecule has 3 rings (SSSR count). The number of aromatic amines is 1. The van der Waals surface area contributed by atoms with E-state index >= 15 is 0 Å². The fourth-order valence-electron chi connectivity index (χ4n) is 2.66. The van der Waals surface area contributed by atoms with Gasteiger partial charge in [0, 0.05) is 5.56 Å². The first-order valence-electron chi connectivity index (χ1n) is 8.24. The van der Waals surface area contributed by atoms with Crippen LogP contribution in [0.25, 0.3) is 22.3 Å². The number of fused-ring (bicyclic) bond motifs is 1. The molecule has 3 aromatic rings. The first-order valence-corrected chi connectivity index (χ1v) is 8.24. The van der Waals surface area contributed by atoms with Crippen molar-refractivity contribution >= 4 is 11.0 Å². The van der Waals surface area contributed by atoms with E-state index in [1.807, 2.05) is 0 Å². The number of aromatic nitrogens is 3. The number of pyridine rings is 1. The summed E-state index contributed by atoms with van der Waals surface area (Å²) in [4.78, 5) is 18.8. The second-order valence-electron chi connectivity index (χ2n) is 5.74. The Labute approximate surface area is 148 Å². The van der Waals surface area contributed by atoms with Crippen molar-refractivity contribution in [3.8, 4) is 22.8 Å². The van der Waals surface area contributed by atoms with Crippen molar-refractivity contribution in [3.63, 3.8) is 0 Å². The standard InChI is InChI=1S/C18H19F2N3O3/c1-3-4-7-26-15-8-11(5-6-14(15)25-2)12-9-13-16(17(24)22-12)23(10-21-13)18(19)20/h5-6,8-10,18H,3-4,7H2,1-2H3,(H,22,24). The molecule has 0 spiro atoms. The molecule has 0 aliphatic heterocycles. The van der Waals surface area contributed by atoms with E-state index in [1.165, 1.54) is 0 Å². The smallest absolute Gasteiger partial charge is 0.320 e. The van der Waals surface area contributed by atoms with Gasteiger partial charge in [0.2, 0.25) is 0 Å². The van der Waals surface area contributed by atoms with Crippen molar-refractivity contribution in [2.45, 2.75) is 26.3 Å². The Kier molecular flexibility index (Phi) is 5.20. The molecule has 1 N–H and O–H groups in total. The van der Waals surface area contributed by atoms with E-state index in [9.17, 15) is 13.6 Å². The maximum atomic E-state index is 13.0. The maximum absolute atomic E-state index is 13.0. The van der Waals surface area contributed by atoms with E-state index in [0.29, 0.717) is 33.9 Å². The van der Waals surface area contributed by atoms with Crippen LogP contribution < -0.4 is 15.0 Å². The number of benzene rings is 1. The molecule has 138 valence electrons. The quantitative estimate of drug-likeness (QED) is 0.645. The van der Waals surface area contributed by atoms with Gasteiger partial charge in [0.05, 0.1) is 24.9 Å². The van der Waals surface area contributed by atoms with Gasteiger partial charge in [-0.1, -0.05) is 13.3 Å². The average molecular weight is 363 g/mol. The molecule has 2 heterocycles. The van der Waals surface area contributed by atoms with Gasteiger partial charge in [-0.25, -0.2) is 4.98 Å². The van der Waals surface area contributed by atoms with Gasteiger partial charge in [-0.15, -0.1) is 0 Å². The molecule has 1 aromatic carbocycles. The molecule has 0 aliphatic carbocycles. The highest BCUT2D eigenvalue weighted by Crippen LogP contribution is 2.32. The Hall–Kier alpha value is -2.90. The molecule has 0 unspecified atom stereocenters. The van der Waals surface area contributed by atoms with Gasteiger partial charge >= 0.3 is 6.55 Å². The number of hydrogen-bond donors (Lipinski definition) is 1. The van der Waals surface area contributed by atoms with Gasteiger partial charge < -0.3 is 14.5 Å². The molecule has 0 radical (unpaired) electrons. The summed E-state index contributed by atoms with van der Waals surface area (Å²) < 4.78 is 37.5. The van der Waals surface area contributed by atoms with E-state index in [1.54, 1.807) is 31.4 Å². The van der Waals surface area contributed by atoms with Crippen LogP contribution in [0.15, 0.2) is 35.4 Å². The predicted molar refractivity (Wildman–Crippen MR) is 94.0 cm³/mol. The number of methoxy groups -OCH3 is 1. The number of rotatable bonds is 7. The molecule has 26 heavy (non-hydrogen) atoms. The van der Waals surface area contributed by atoms with Crippen LogP contribution in [0, 0.1) is 0 Å². The molecule has 0 saturated heterocycles. The minimum atomic E-state index is -2.83. The van der Waals surface area contributed by atoms with E-state index in [2.05, 4.69) is 16.9 Å². The summed E-state index contributed by atoms with van der Waals surface area (Å²) in [5, 5.41) is 0. The first-order chi connectivity index (χ1) is 12.5. The normalized spacial score (nSPS) is 11.3. The number of unbranched alkanes of at least 4 members (excludes halogenated alkanes) is 1. The second kappa shape index (κ2) is 7.55. The lowest BCUT2D eigenvalue weighted by atomic mass is 10.1. The van der Waals surface area contributed by atoms with Crippen LogP contribution in [0.4, 0.5) is 8.78 Å². The Morgan fingerprint density at radius 2 is 2.08 bits per heavy atom. The number of alkyl halides is 2. The molecular formula is C18H19F2N3O3. The SMILES string of the molecule is CCCCOc1cc(-c2cc3ncn(C(F)F)c3c(=O)[nH]2)ccc1OC. The minimum absolute atomic E-state index is 0.156. The molecule has 0 bridgehead atoms. The third kappa shape index (κ3) is 3.40. The molecule has 6 nitrogen and oxygen atoms in total. The largest absolute Gasteiger partial charge is 0.493 e. The molecular weight excluding hydrogens is 344 g/mol. The molecule has 8 heteroatoms. The van der Waals surface area contributed by atoms with Gasteiger partial charge in [0.15, 0.2) is 11.5 Å². The topological polar surface area (TPSA) is 69.1 Å². The highest BCUT2D eigenvalue weighted by Gasteiger charge is 2.16. The number of H-pyrrole nitrogens is 1. The highest BCUT2D eigenvalue weighted by atomic mass is 19.3. The molecule has 0 amide bonds. The third-order valence-electron chi connectivity index (χ3n) is 4.01. The summed E-state index contributed by atoms with van der Waals surface area (Å²) in [5.41, 5.74) is 0.553. The van der Waals surface area contributed by atoms with Gasteiger partial charge in [-0.05, 0) is 30.7 Å². The van der Waals surface area contributed by atoms with Gasteiger partial charge in [-0.3, -0.25) is 9.36 Å². The summed E-state index contributed by atoms with van der Waals surface area (Å²) in [6.07, 6.45) is 2.86. The van der Waals surface area contributed by atoms with E-state index in [-0.39, 0.29) is 11.0 Å². The van der Waals surface area contributed by atoms with Crippen LogP contribution >= 0.6 is 0 Å². The van der Waals surface area contributed by atoms with Crippen molar-refractivity contribution in [3.05, 3.63) is 40.9 Å². The highest BCUT2D eigenvalue weighted by molar-refractivity contribution is 5.79. The van der Waals surface area contributed by atoms with E-state index in [4.69, 9.17) is 9.47 Å².